The number of nitrogens with zero attached hydrogens (tertiary/aromatic N) is 1. The van der Waals surface area contributed by atoms with Crippen LogP contribution in [0.1, 0.15) is 11.1 Å². The Morgan fingerprint density at radius 2 is 1.78 bits per heavy atom. The molecule has 0 atom stereocenters. The van der Waals surface area contributed by atoms with E-state index < -0.39 is 5.97 Å². The van der Waals surface area contributed by atoms with Gasteiger partial charge in [-0.15, -0.1) is 12.4 Å². The van der Waals surface area contributed by atoms with Crippen LogP contribution in [0.2, 0.25) is 0 Å². The molecular formula is C29H22ClFNO5+. The number of aryl methyl sites for hydroxylation is 2. The van der Waals surface area contributed by atoms with Crippen LogP contribution in [0.4, 0.5) is 4.39 Å². The van der Waals surface area contributed by atoms with E-state index >= 15 is 0 Å². The number of rotatable bonds is 4. The van der Waals surface area contributed by atoms with Crippen LogP contribution in [-0.4, -0.2) is 19.9 Å². The number of benzene rings is 4. The summed E-state index contributed by atoms with van der Waals surface area (Å²) in [5.74, 6) is 1.65. The van der Waals surface area contributed by atoms with Gasteiger partial charge in [0.15, 0.2) is 35.7 Å². The molecule has 186 valence electrons. The van der Waals surface area contributed by atoms with Gasteiger partial charge in [0.05, 0.1) is 29.7 Å². The van der Waals surface area contributed by atoms with Gasteiger partial charge in [0, 0.05) is 17.2 Å². The van der Waals surface area contributed by atoms with Gasteiger partial charge in [-0.1, -0.05) is 12.1 Å². The molecule has 0 amide bonds. The Hall–Kier alpha value is -4.10. The number of hydrogen-bond donors (Lipinski definition) is 0. The molecular weight excluding hydrogens is 497 g/mol. The highest BCUT2D eigenvalue weighted by atomic mass is 35.5. The fraction of sp³-hybridized carbons (Fsp3) is 0.172. The number of carbonyl (C=O) groups excluding carboxylic acids is 1. The Labute approximate surface area is 217 Å². The van der Waals surface area contributed by atoms with Crippen molar-refractivity contribution in [1.82, 2.24) is 0 Å². The van der Waals surface area contributed by atoms with Crippen molar-refractivity contribution in [1.29, 1.82) is 0 Å². The summed E-state index contributed by atoms with van der Waals surface area (Å²) >= 11 is 0. The highest BCUT2D eigenvalue weighted by Gasteiger charge is 2.30. The minimum absolute atomic E-state index is 0. The predicted octanol–water partition coefficient (Wildman–Crippen LogP) is 5.44. The molecule has 37 heavy (non-hydrogen) atoms. The number of hydrogen-bond acceptors (Lipinski definition) is 5. The number of ether oxygens (including phenoxy) is 4. The van der Waals surface area contributed by atoms with Crippen LogP contribution in [0.3, 0.4) is 0 Å². The second-order valence-corrected chi connectivity index (χ2v) is 9.06. The van der Waals surface area contributed by atoms with Crippen LogP contribution < -0.4 is 23.5 Å². The van der Waals surface area contributed by atoms with Gasteiger partial charge in [-0.2, -0.15) is 4.57 Å². The lowest BCUT2D eigenvalue weighted by atomic mass is 9.93. The van der Waals surface area contributed by atoms with Crippen LogP contribution in [-0.2, 0) is 24.2 Å². The van der Waals surface area contributed by atoms with Gasteiger partial charge < -0.3 is 18.9 Å². The predicted molar refractivity (Wildman–Crippen MR) is 139 cm³/mol. The molecule has 1 aromatic heterocycles. The van der Waals surface area contributed by atoms with Gasteiger partial charge in [-0.25, -0.2) is 4.39 Å². The summed E-state index contributed by atoms with van der Waals surface area (Å²) < 4.78 is 38.4. The van der Waals surface area contributed by atoms with E-state index in [-0.39, 0.29) is 31.4 Å². The normalized spacial score (nSPS) is 13.2. The Kier molecular flexibility index (Phi) is 5.53. The van der Waals surface area contributed by atoms with E-state index in [4.69, 9.17) is 18.9 Å². The highest BCUT2D eigenvalue weighted by Crippen LogP contribution is 2.46. The summed E-state index contributed by atoms with van der Waals surface area (Å²) in [5.41, 5.74) is 3.03. The number of carbonyl (C=O) groups is 1. The van der Waals surface area contributed by atoms with Gasteiger partial charge in [-0.3, -0.25) is 4.79 Å². The van der Waals surface area contributed by atoms with Crippen LogP contribution >= 0.6 is 12.4 Å². The number of pyridine rings is 1. The zero-order chi connectivity index (χ0) is 24.4. The molecule has 6 nitrogen and oxygen atoms in total. The Bertz CT molecular complexity index is 1740. The van der Waals surface area contributed by atoms with E-state index in [0.29, 0.717) is 17.1 Å². The van der Waals surface area contributed by atoms with Gasteiger partial charge in [0.25, 0.3) is 0 Å². The Balaban J connectivity index is 0.00000252. The second kappa shape index (κ2) is 8.78. The lowest BCUT2D eigenvalue weighted by Crippen LogP contribution is -2.38. The third-order valence-electron chi connectivity index (χ3n) is 7.03. The third kappa shape index (κ3) is 3.61. The van der Waals surface area contributed by atoms with E-state index in [0.717, 1.165) is 56.9 Å². The summed E-state index contributed by atoms with van der Waals surface area (Å²) in [4.78, 5) is 12.9. The topological polar surface area (TPSA) is 57.9 Å². The van der Waals surface area contributed by atoms with Crippen molar-refractivity contribution in [2.45, 2.75) is 19.4 Å². The van der Waals surface area contributed by atoms with Crippen LogP contribution in [0.5, 0.6) is 23.0 Å². The molecule has 2 aliphatic heterocycles. The van der Waals surface area contributed by atoms with Gasteiger partial charge in [-0.05, 0) is 53.6 Å². The molecule has 0 spiro atoms. The van der Waals surface area contributed by atoms with Crippen molar-refractivity contribution < 1.29 is 32.7 Å². The molecule has 0 saturated carbocycles. The van der Waals surface area contributed by atoms with Crippen molar-refractivity contribution >= 4 is 50.8 Å². The maximum Gasteiger partial charge on any atom is 0.315 e. The third-order valence-corrected chi connectivity index (χ3v) is 7.03. The zero-order valence-corrected chi connectivity index (χ0v) is 20.7. The maximum absolute atomic E-state index is 13.3. The van der Waals surface area contributed by atoms with Crippen molar-refractivity contribution in [2.75, 3.05) is 13.9 Å². The number of aromatic nitrogens is 1. The SMILES string of the molecule is COc1ccc2c(c[n+]3c4c2ccc2c5c(cc(c24)CC3)OCO5)c1OC(=O)Cc1ccc(F)cc1.Cl. The highest BCUT2D eigenvalue weighted by molar-refractivity contribution is 6.17. The van der Waals surface area contributed by atoms with E-state index in [1.807, 2.05) is 18.3 Å². The first-order chi connectivity index (χ1) is 17.6. The number of esters is 1. The van der Waals surface area contributed by atoms with E-state index in [1.165, 1.54) is 17.7 Å². The number of halogens is 2. The summed E-state index contributed by atoms with van der Waals surface area (Å²) in [6.07, 6.45) is 2.90. The molecule has 7 rings (SSSR count). The number of fused-ring (bicyclic) bond motifs is 4. The molecule has 4 aromatic carbocycles. The summed E-state index contributed by atoms with van der Waals surface area (Å²) in [5, 5.41) is 5.01. The lowest BCUT2D eigenvalue weighted by Gasteiger charge is -2.18. The quantitative estimate of drug-likeness (QED) is 0.137. The molecule has 0 radical (unpaired) electrons. The standard InChI is InChI=1S/C29H21FNO5.ClH/c1-33-23-9-8-19-20-6-7-21-26-17(13-24-28(21)35-15-34-24)10-11-31(27(20)26)14-22(19)29(23)36-25(32)12-16-2-4-18(30)5-3-16;/h2-9,13-14H,10-12,15H2,1H3;1H/q+1;. The van der Waals surface area contributed by atoms with Crippen molar-refractivity contribution in [3.05, 3.63) is 77.7 Å². The van der Waals surface area contributed by atoms with E-state index in [9.17, 15) is 9.18 Å². The summed E-state index contributed by atoms with van der Waals surface area (Å²) in [6, 6.07) is 15.9. The van der Waals surface area contributed by atoms with Crippen molar-refractivity contribution in [2.24, 2.45) is 0 Å². The first-order valence-corrected chi connectivity index (χ1v) is 11.8. The Morgan fingerprint density at radius 1 is 1.00 bits per heavy atom. The average Bonchev–Trinajstić information content (AvgIpc) is 3.37. The monoisotopic (exact) mass is 518 g/mol. The zero-order valence-electron chi connectivity index (χ0n) is 19.9. The van der Waals surface area contributed by atoms with Crippen LogP contribution in [0, 0.1) is 5.82 Å². The molecule has 3 heterocycles. The molecule has 0 bridgehead atoms. The van der Waals surface area contributed by atoms with Crippen LogP contribution in [0.25, 0.3) is 32.4 Å². The fourth-order valence-corrected chi connectivity index (χ4v) is 5.42. The first kappa shape index (κ1) is 23.3. The van der Waals surface area contributed by atoms with Gasteiger partial charge in [0.1, 0.15) is 5.82 Å². The lowest BCUT2D eigenvalue weighted by molar-refractivity contribution is -0.670. The number of methoxy groups -OCH3 is 1. The van der Waals surface area contributed by atoms with Crippen molar-refractivity contribution in [3.63, 3.8) is 0 Å². The first-order valence-electron chi connectivity index (χ1n) is 11.8. The van der Waals surface area contributed by atoms with E-state index in [2.05, 4.69) is 22.8 Å². The molecule has 0 unspecified atom stereocenters. The molecule has 0 aliphatic carbocycles. The molecule has 5 aromatic rings. The van der Waals surface area contributed by atoms with Crippen LogP contribution in [0.15, 0.2) is 60.8 Å². The molecule has 8 heteroatoms. The fourth-order valence-electron chi connectivity index (χ4n) is 5.42. The minimum Gasteiger partial charge on any atom is -0.493 e. The van der Waals surface area contributed by atoms with E-state index in [1.54, 1.807) is 19.2 Å². The largest absolute Gasteiger partial charge is 0.493 e. The van der Waals surface area contributed by atoms with Gasteiger partial charge >= 0.3 is 5.97 Å². The smallest absolute Gasteiger partial charge is 0.315 e. The Morgan fingerprint density at radius 3 is 2.59 bits per heavy atom. The molecule has 0 saturated heterocycles. The molecule has 0 N–H and O–H groups in total. The summed E-state index contributed by atoms with van der Waals surface area (Å²) in [7, 11) is 1.55. The second-order valence-electron chi connectivity index (χ2n) is 9.06. The average molecular weight is 519 g/mol. The van der Waals surface area contributed by atoms with Crippen molar-refractivity contribution in [3.8, 4) is 23.0 Å². The minimum atomic E-state index is -0.445. The van der Waals surface area contributed by atoms with Gasteiger partial charge in [0.2, 0.25) is 12.3 Å². The molecule has 2 aliphatic rings. The maximum atomic E-state index is 13.3. The summed E-state index contributed by atoms with van der Waals surface area (Å²) in [6.45, 7) is 1.01. The molecule has 0 fully saturated rings.